The minimum atomic E-state index is 0.405. The third kappa shape index (κ3) is 6.35. The largest absolute Gasteiger partial charge is 0.156 e. The number of hydrogen-bond acceptors (Lipinski definition) is 1. The van der Waals surface area contributed by atoms with Crippen LogP contribution in [-0.4, -0.2) is 10.5 Å². The highest BCUT2D eigenvalue weighted by atomic mass is 32.2. The summed E-state index contributed by atoms with van der Waals surface area (Å²) in [7, 11) is 0. The minimum absolute atomic E-state index is 0.405. The monoisotopic (exact) mass is 117 g/mol. The molecule has 0 saturated heterocycles. The summed E-state index contributed by atoms with van der Waals surface area (Å²) in [5, 5.41) is 0. The second kappa shape index (κ2) is 2.61. The van der Waals surface area contributed by atoms with Crippen molar-refractivity contribution < 1.29 is 0 Å². The molecule has 1 radical (unpaired) electrons. The Kier molecular flexibility index (Phi) is 2.74. The molecule has 0 heterocycles. The zero-order valence-electron chi connectivity index (χ0n) is 5.32. The highest BCUT2D eigenvalue weighted by Crippen LogP contribution is 2.21. The predicted molar refractivity (Wildman–Crippen MR) is 37.6 cm³/mol. The van der Waals surface area contributed by atoms with Crippen molar-refractivity contribution in [2.24, 2.45) is 0 Å². The lowest BCUT2D eigenvalue weighted by atomic mass is 10.3. The Labute approximate surface area is 50.7 Å². The van der Waals surface area contributed by atoms with Crippen LogP contribution in [0.2, 0.25) is 0 Å². The van der Waals surface area contributed by atoms with Crippen molar-refractivity contribution in [2.45, 2.75) is 25.5 Å². The van der Waals surface area contributed by atoms with E-state index in [1.54, 1.807) is 0 Å². The molecule has 0 atom stereocenters. The summed E-state index contributed by atoms with van der Waals surface area (Å²) in [5.41, 5.74) is 0. The molecule has 0 aliphatic rings. The van der Waals surface area contributed by atoms with E-state index in [0.29, 0.717) is 4.75 Å². The third-order valence-corrected chi connectivity index (χ3v) is 1.61. The van der Waals surface area contributed by atoms with Gasteiger partial charge in [0.2, 0.25) is 0 Å². The Morgan fingerprint density at radius 1 is 1.43 bits per heavy atom. The van der Waals surface area contributed by atoms with Crippen molar-refractivity contribution in [3.63, 3.8) is 0 Å². The highest BCUT2D eigenvalue weighted by Gasteiger charge is 2.06. The average molecular weight is 117 g/mol. The fourth-order valence-corrected chi connectivity index (χ4v) is 0.919. The molecule has 0 aromatic heterocycles. The Morgan fingerprint density at radius 3 is 1.86 bits per heavy atom. The quantitative estimate of drug-likeness (QED) is 0.508. The Bertz CT molecular complexity index is 42.6. The molecule has 0 rings (SSSR count). The summed E-state index contributed by atoms with van der Waals surface area (Å²) in [4.78, 5) is 0. The molecule has 0 unspecified atom stereocenters. The smallest absolute Gasteiger partial charge is 0.00750 e. The first-order valence-corrected chi connectivity index (χ1v) is 3.48. The third-order valence-electron chi connectivity index (χ3n) is 0.535. The van der Waals surface area contributed by atoms with Gasteiger partial charge in [-0.15, -0.1) is 0 Å². The summed E-state index contributed by atoms with van der Waals surface area (Å²) in [6.45, 7) is 10.3. The van der Waals surface area contributed by atoms with Crippen molar-refractivity contribution in [2.75, 3.05) is 5.75 Å². The molecular formula is C6H13S. The second-order valence-electron chi connectivity index (χ2n) is 2.46. The molecule has 0 aliphatic heterocycles. The first-order chi connectivity index (χ1) is 3.06. The van der Waals surface area contributed by atoms with Crippen LogP contribution in [0, 0.1) is 6.92 Å². The normalized spacial score (nSPS) is 12.0. The van der Waals surface area contributed by atoms with Crippen molar-refractivity contribution in [1.82, 2.24) is 0 Å². The van der Waals surface area contributed by atoms with E-state index < -0.39 is 0 Å². The van der Waals surface area contributed by atoms with E-state index in [2.05, 4.69) is 27.7 Å². The predicted octanol–water partition coefficient (Wildman–Crippen LogP) is 2.35. The van der Waals surface area contributed by atoms with Gasteiger partial charge in [0.1, 0.15) is 0 Å². The molecule has 43 valence electrons. The average Bonchev–Trinajstić information content (AvgIpc) is 1.30. The van der Waals surface area contributed by atoms with E-state index in [4.69, 9.17) is 0 Å². The topological polar surface area (TPSA) is 0 Å². The van der Waals surface area contributed by atoms with E-state index in [1.807, 2.05) is 11.8 Å². The lowest BCUT2D eigenvalue weighted by molar-refractivity contribution is 0.804. The maximum atomic E-state index is 3.73. The highest BCUT2D eigenvalue weighted by molar-refractivity contribution is 8.00. The SMILES string of the molecule is [CH2]CSC(C)(C)C. The fourth-order valence-electron chi connectivity index (χ4n) is 0.306. The van der Waals surface area contributed by atoms with Gasteiger partial charge in [-0.2, -0.15) is 11.8 Å². The van der Waals surface area contributed by atoms with Gasteiger partial charge < -0.3 is 0 Å². The lowest BCUT2D eigenvalue weighted by Gasteiger charge is -2.14. The Hall–Kier alpha value is 0.350. The van der Waals surface area contributed by atoms with Gasteiger partial charge in [-0.1, -0.05) is 20.8 Å². The maximum absolute atomic E-state index is 3.73. The standard InChI is InChI=1S/C6H13S/c1-5-7-6(2,3)4/h1,5H2,2-4H3. The molecule has 7 heavy (non-hydrogen) atoms. The van der Waals surface area contributed by atoms with Crippen LogP contribution >= 0.6 is 11.8 Å². The number of rotatable bonds is 1. The minimum Gasteiger partial charge on any atom is -0.156 e. The van der Waals surface area contributed by atoms with Crippen molar-refractivity contribution in [1.29, 1.82) is 0 Å². The van der Waals surface area contributed by atoms with Crippen molar-refractivity contribution in [3.8, 4) is 0 Å². The molecule has 0 saturated carbocycles. The van der Waals surface area contributed by atoms with E-state index >= 15 is 0 Å². The van der Waals surface area contributed by atoms with Gasteiger partial charge in [0, 0.05) is 4.75 Å². The molecule has 0 nitrogen and oxygen atoms in total. The summed E-state index contributed by atoms with van der Waals surface area (Å²) < 4.78 is 0.405. The Morgan fingerprint density at radius 2 is 1.86 bits per heavy atom. The van der Waals surface area contributed by atoms with Gasteiger partial charge in [0.05, 0.1) is 0 Å². The lowest BCUT2D eigenvalue weighted by Crippen LogP contribution is -2.06. The molecule has 0 amide bonds. The molecular weight excluding hydrogens is 104 g/mol. The summed E-state index contributed by atoms with van der Waals surface area (Å²) in [5.74, 6) is 0.976. The van der Waals surface area contributed by atoms with Crippen LogP contribution in [0.3, 0.4) is 0 Å². The first-order valence-electron chi connectivity index (χ1n) is 2.49. The van der Waals surface area contributed by atoms with Gasteiger partial charge in [0.25, 0.3) is 0 Å². The van der Waals surface area contributed by atoms with Crippen LogP contribution in [0.25, 0.3) is 0 Å². The maximum Gasteiger partial charge on any atom is 0.00750 e. The van der Waals surface area contributed by atoms with E-state index in [-0.39, 0.29) is 0 Å². The zero-order chi connectivity index (χ0) is 5.91. The van der Waals surface area contributed by atoms with Gasteiger partial charge in [-0.05, 0) is 12.7 Å². The molecule has 0 fully saturated rings. The van der Waals surface area contributed by atoms with Crippen LogP contribution < -0.4 is 0 Å². The molecule has 0 bridgehead atoms. The van der Waals surface area contributed by atoms with Gasteiger partial charge >= 0.3 is 0 Å². The number of hydrogen-bond donors (Lipinski definition) is 0. The van der Waals surface area contributed by atoms with Crippen LogP contribution in [0.15, 0.2) is 0 Å². The Balaban J connectivity index is 3.15. The van der Waals surface area contributed by atoms with E-state index in [1.165, 1.54) is 0 Å². The van der Waals surface area contributed by atoms with Gasteiger partial charge in [-0.3, -0.25) is 0 Å². The second-order valence-corrected chi connectivity index (χ2v) is 4.38. The molecule has 0 spiro atoms. The van der Waals surface area contributed by atoms with Crippen LogP contribution in [0.1, 0.15) is 20.8 Å². The van der Waals surface area contributed by atoms with E-state index in [0.717, 1.165) is 5.75 Å². The van der Waals surface area contributed by atoms with E-state index in [9.17, 15) is 0 Å². The summed E-state index contributed by atoms with van der Waals surface area (Å²) >= 11 is 1.88. The summed E-state index contributed by atoms with van der Waals surface area (Å²) in [6, 6.07) is 0. The molecule has 0 aromatic rings. The van der Waals surface area contributed by atoms with Crippen molar-refractivity contribution >= 4 is 11.8 Å². The molecule has 0 N–H and O–H groups in total. The van der Waals surface area contributed by atoms with Crippen LogP contribution in [-0.2, 0) is 0 Å². The molecule has 0 aromatic carbocycles. The van der Waals surface area contributed by atoms with Crippen LogP contribution in [0.5, 0.6) is 0 Å². The van der Waals surface area contributed by atoms with Crippen molar-refractivity contribution in [3.05, 3.63) is 6.92 Å². The van der Waals surface area contributed by atoms with Crippen LogP contribution in [0.4, 0.5) is 0 Å². The molecule has 1 heteroatoms. The van der Waals surface area contributed by atoms with Gasteiger partial charge in [0.15, 0.2) is 0 Å². The fraction of sp³-hybridized carbons (Fsp3) is 0.833. The summed E-state index contributed by atoms with van der Waals surface area (Å²) in [6.07, 6.45) is 0. The number of thioether (sulfide) groups is 1. The van der Waals surface area contributed by atoms with Gasteiger partial charge in [-0.25, -0.2) is 0 Å². The first kappa shape index (κ1) is 7.35. The molecule has 0 aliphatic carbocycles. The zero-order valence-corrected chi connectivity index (χ0v) is 6.14.